The third-order valence-electron chi connectivity index (χ3n) is 5.76. The lowest BCUT2D eigenvalue weighted by molar-refractivity contribution is -0.129. The van der Waals surface area contributed by atoms with E-state index < -0.39 is 0 Å². The molecule has 1 saturated heterocycles. The molecule has 2 aromatic rings. The van der Waals surface area contributed by atoms with Gasteiger partial charge >= 0.3 is 0 Å². The average Bonchev–Trinajstić information content (AvgIpc) is 3.14. The Hall–Kier alpha value is -1.82. The topological polar surface area (TPSA) is 59.2 Å². The molecule has 1 amide bonds. The van der Waals surface area contributed by atoms with Crippen LogP contribution in [0.4, 0.5) is 0 Å². The molecule has 1 aliphatic heterocycles. The fraction of sp³-hybridized carbons (Fsp3) is 0.571. The summed E-state index contributed by atoms with van der Waals surface area (Å²) in [6.45, 7) is 9.89. The van der Waals surface area contributed by atoms with Crippen molar-refractivity contribution < 1.29 is 9.21 Å². The summed E-state index contributed by atoms with van der Waals surface area (Å²) < 4.78 is 5.73. The minimum Gasteiger partial charge on any atom is -0.411 e. The molecular weight excluding hydrogens is 358 g/mol. The van der Waals surface area contributed by atoms with Crippen molar-refractivity contribution in [2.75, 3.05) is 12.3 Å². The van der Waals surface area contributed by atoms with Crippen LogP contribution in [-0.4, -0.2) is 39.3 Å². The number of hydrogen-bond donors (Lipinski definition) is 0. The molecule has 2 aliphatic rings. The number of amides is 1. The van der Waals surface area contributed by atoms with Gasteiger partial charge in [0.05, 0.1) is 5.75 Å². The van der Waals surface area contributed by atoms with E-state index in [1.165, 1.54) is 23.7 Å². The number of nitrogens with zero attached hydrogens (tertiary/aromatic N) is 3. The number of carbonyl (C=O) groups excluding carboxylic acids is 1. The van der Waals surface area contributed by atoms with Crippen LogP contribution < -0.4 is 0 Å². The summed E-state index contributed by atoms with van der Waals surface area (Å²) in [5, 5.41) is 8.66. The number of aryl methyl sites for hydroxylation is 1. The Kier molecular flexibility index (Phi) is 4.57. The third-order valence-corrected chi connectivity index (χ3v) is 6.56. The number of hydrogen-bond acceptors (Lipinski definition) is 5. The number of carbonyl (C=O) groups is 1. The van der Waals surface area contributed by atoms with E-state index in [1.807, 2.05) is 31.2 Å². The zero-order valence-corrected chi connectivity index (χ0v) is 17.3. The number of rotatable bonds is 4. The second-order valence-electron chi connectivity index (χ2n) is 9.26. The van der Waals surface area contributed by atoms with E-state index in [-0.39, 0.29) is 11.3 Å². The van der Waals surface area contributed by atoms with Gasteiger partial charge in [-0.05, 0) is 49.1 Å². The van der Waals surface area contributed by atoms with E-state index in [9.17, 15) is 4.79 Å². The summed E-state index contributed by atoms with van der Waals surface area (Å²) in [4.78, 5) is 14.9. The van der Waals surface area contributed by atoms with Gasteiger partial charge in [-0.25, -0.2) is 0 Å². The maximum Gasteiger partial charge on any atom is 0.277 e. The molecule has 1 aromatic carbocycles. The maximum atomic E-state index is 12.8. The Morgan fingerprint density at radius 3 is 2.70 bits per heavy atom. The second-order valence-corrected chi connectivity index (χ2v) is 10.2. The first-order valence-electron chi connectivity index (χ1n) is 9.56. The Balaban J connectivity index is 1.38. The van der Waals surface area contributed by atoms with Crippen molar-refractivity contribution in [3.63, 3.8) is 0 Å². The highest BCUT2D eigenvalue weighted by atomic mass is 32.2. The van der Waals surface area contributed by atoms with Crippen LogP contribution in [0.25, 0.3) is 11.5 Å². The SMILES string of the molecule is Cc1ccc(-c2nnc(SCC(=O)N3C[C@]4(C)C[C@H]3CC(C)(C)C4)o2)cc1. The van der Waals surface area contributed by atoms with Crippen molar-refractivity contribution in [1.29, 1.82) is 0 Å². The normalized spacial score (nSPS) is 26.4. The van der Waals surface area contributed by atoms with Crippen LogP contribution in [0.2, 0.25) is 0 Å². The van der Waals surface area contributed by atoms with Gasteiger partial charge in [0, 0.05) is 18.2 Å². The van der Waals surface area contributed by atoms with E-state index in [4.69, 9.17) is 4.42 Å². The summed E-state index contributed by atoms with van der Waals surface area (Å²) in [5.74, 6) is 1.03. The Morgan fingerprint density at radius 1 is 1.22 bits per heavy atom. The molecule has 0 N–H and O–H groups in total. The first-order valence-corrected chi connectivity index (χ1v) is 10.5. The molecule has 1 aliphatic carbocycles. The van der Waals surface area contributed by atoms with Crippen molar-refractivity contribution in [2.45, 2.75) is 58.2 Å². The molecule has 144 valence electrons. The van der Waals surface area contributed by atoms with Crippen molar-refractivity contribution in [1.82, 2.24) is 15.1 Å². The van der Waals surface area contributed by atoms with Gasteiger partial charge in [0.25, 0.3) is 5.22 Å². The molecule has 0 unspecified atom stereocenters. The number of aromatic nitrogens is 2. The van der Waals surface area contributed by atoms with Crippen molar-refractivity contribution in [2.24, 2.45) is 10.8 Å². The predicted molar refractivity (Wildman–Crippen MR) is 106 cm³/mol. The summed E-state index contributed by atoms with van der Waals surface area (Å²) in [7, 11) is 0. The molecule has 27 heavy (non-hydrogen) atoms. The van der Waals surface area contributed by atoms with Crippen LogP contribution in [-0.2, 0) is 4.79 Å². The number of fused-ring (bicyclic) bond motifs is 2. The van der Waals surface area contributed by atoms with Gasteiger partial charge < -0.3 is 9.32 Å². The van der Waals surface area contributed by atoms with E-state index in [0.717, 1.165) is 24.9 Å². The highest BCUT2D eigenvalue weighted by Crippen LogP contribution is 2.52. The van der Waals surface area contributed by atoms with Gasteiger partial charge in [-0.2, -0.15) is 0 Å². The summed E-state index contributed by atoms with van der Waals surface area (Å²) in [5.41, 5.74) is 2.66. The molecular formula is C21H27N3O2S. The standard InChI is InChI=1S/C21H27N3O2S/c1-14-5-7-15(8-6-14)18-22-23-19(26-18)27-11-17(25)24-13-21(4)10-16(24)9-20(2,3)12-21/h5-8,16H,9-13H2,1-4H3/t16-,21-/m1/s1. The molecule has 1 aromatic heterocycles. The molecule has 2 fully saturated rings. The largest absolute Gasteiger partial charge is 0.411 e. The van der Waals surface area contributed by atoms with Crippen LogP contribution in [0.5, 0.6) is 0 Å². The first-order chi connectivity index (χ1) is 12.7. The minimum atomic E-state index is 0.182. The van der Waals surface area contributed by atoms with Crippen LogP contribution in [0, 0.1) is 17.8 Å². The van der Waals surface area contributed by atoms with Crippen molar-refractivity contribution >= 4 is 17.7 Å². The second kappa shape index (κ2) is 6.66. The monoisotopic (exact) mass is 385 g/mol. The van der Waals surface area contributed by atoms with Crippen molar-refractivity contribution in [3.8, 4) is 11.5 Å². The van der Waals surface area contributed by atoms with Crippen LogP contribution in [0.15, 0.2) is 33.9 Å². The smallest absolute Gasteiger partial charge is 0.277 e. The molecule has 2 heterocycles. The van der Waals surface area contributed by atoms with Gasteiger partial charge in [0.1, 0.15) is 0 Å². The van der Waals surface area contributed by atoms with Crippen LogP contribution >= 0.6 is 11.8 Å². The Labute approximate surface area is 164 Å². The maximum absolute atomic E-state index is 12.8. The molecule has 2 atom stereocenters. The number of likely N-dealkylation sites (tertiary alicyclic amines) is 1. The lowest BCUT2D eigenvalue weighted by Gasteiger charge is -2.39. The lowest BCUT2D eigenvalue weighted by atomic mass is 9.65. The van der Waals surface area contributed by atoms with Crippen molar-refractivity contribution in [3.05, 3.63) is 29.8 Å². The van der Waals surface area contributed by atoms with Gasteiger partial charge in [-0.3, -0.25) is 4.79 Å². The molecule has 2 bridgehead atoms. The van der Waals surface area contributed by atoms with Gasteiger partial charge in [0.2, 0.25) is 11.8 Å². The van der Waals surface area contributed by atoms with E-state index >= 15 is 0 Å². The summed E-state index contributed by atoms with van der Waals surface area (Å²) in [6.07, 6.45) is 3.42. The van der Waals surface area contributed by atoms with Gasteiger partial charge in [-0.1, -0.05) is 50.2 Å². The quantitative estimate of drug-likeness (QED) is 0.722. The van der Waals surface area contributed by atoms with Crippen LogP contribution in [0.1, 0.15) is 45.6 Å². The molecule has 4 rings (SSSR count). The Morgan fingerprint density at radius 2 is 1.96 bits per heavy atom. The average molecular weight is 386 g/mol. The fourth-order valence-corrected chi connectivity index (χ4v) is 5.69. The van der Waals surface area contributed by atoms with Gasteiger partial charge in [-0.15, -0.1) is 10.2 Å². The molecule has 0 spiro atoms. The zero-order chi connectivity index (χ0) is 19.2. The third kappa shape index (κ3) is 3.91. The highest BCUT2D eigenvalue weighted by Gasteiger charge is 2.50. The fourth-order valence-electron chi connectivity index (χ4n) is 5.04. The first kappa shape index (κ1) is 18.5. The Bertz CT molecular complexity index is 845. The zero-order valence-electron chi connectivity index (χ0n) is 16.5. The summed E-state index contributed by atoms with van der Waals surface area (Å²) in [6, 6.07) is 8.34. The minimum absolute atomic E-state index is 0.182. The molecule has 6 heteroatoms. The van der Waals surface area contributed by atoms with E-state index in [1.54, 1.807) is 0 Å². The van der Waals surface area contributed by atoms with Gasteiger partial charge in [0.15, 0.2) is 0 Å². The molecule has 1 saturated carbocycles. The molecule has 5 nitrogen and oxygen atoms in total. The van der Waals surface area contributed by atoms with E-state index in [0.29, 0.717) is 28.3 Å². The summed E-state index contributed by atoms with van der Waals surface area (Å²) >= 11 is 1.34. The van der Waals surface area contributed by atoms with E-state index in [2.05, 4.69) is 35.9 Å². The predicted octanol–water partition coefficient (Wildman–Crippen LogP) is 4.56. The highest BCUT2D eigenvalue weighted by molar-refractivity contribution is 7.99. The lowest BCUT2D eigenvalue weighted by Crippen LogP contribution is -2.38. The molecule has 0 radical (unpaired) electrons. The number of thioether (sulfide) groups is 1. The number of benzene rings is 1. The van der Waals surface area contributed by atoms with Crippen LogP contribution in [0.3, 0.4) is 0 Å².